The molecule has 1 aromatic rings. The van der Waals surface area contributed by atoms with E-state index in [2.05, 4.69) is 27.8 Å². The minimum Gasteiger partial charge on any atom is -0.371 e. The average Bonchev–Trinajstić information content (AvgIpc) is 2.92. The number of urea groups is 1. The minimum absolute atomic E-state index is 0.0776. The lowest BCUT2D eigenvalue weighted by Crippen LogP contribution is -2.50. The van der Waals surface area contributed by atoms with Gasteiger partial charge in [0.25, 0.3) is 11.8 Å². The van der Waals surface area contributed by atoms with Crippen molar-refractivity contribution in [3.63, 3.8) is 0 Å². The lowest BCUT2D eigenvalue weighted by Gasteiger charge is -2.31. The second-order valence-corrected chi connectivity index (χ2v) is 8.14. The van der Waals surface area contributed by atoms with Gasteiger partial charge in [0.15, 0.2) is 0 Å². The van der Waals surface area contributed by atoms with Crippen LogP contribution in [-0.4, -0.2) is 60.0 Å². The van der Waals surface area contributed by atoms with E-state index < -0.39 is 23.4 Å². The molecule has 1 atom stereocenters. The molecule has 4 amide bonds. The molecule has 2 fully saturated rings. The van der Waals surface area contributed by atoms with Crippen LogP contribution in [0.5, 0.6) is 0 Å². The summed E-state index contributed by atoms with van der Waals surface area (Å²) in [7, 11) is 1.86. The maximum Gasteiger partial charge on any atom is 0.344 e. The number of rotatable bonds is 7. The molecular formula is C21H31N5O3. The van der Waals surface area contributed by atoms with E-state index in [0.717, 1.165) is 18.1 Å². The van der Waals surface area contributed by atoms with Crippen molar-refractivity contribution in [1.82, 2.24) is 20.7 Å². The van der Waals surface area contributed by atoms with E-state index >= 15 is 0 Å². The van der Waals surface area contributed by atoms with Crippen LogP contribution in [0.15, 0.2) is 24.3 Å². The van der Waals surface area contributed by atoms with Gasteiger partial charge in [0.2, 0.25) is 0 Å². The van der Waals surface area contributed by atoms with E-state index in [1.807, 2.05) is 31.0 Å². The van der Waals surface area contributed by atoms with Crippen molar-refractivity contribution in [2.75, 3.05) is 31.6 Å². The zero-order valence-corrected chi connectivity index (χ0v) is 17.5. The van der Waals surface area contributed by atoms with Gasteiger partial charge >= 0.3 is 6.03 Å². The number of amides is 4. The number of hydrazine groups is 1. The molecule has 8 nitrogen and oxygen atoms in total. The van der Waals surface area contributed by atoms with Gasteiger partial charge in [-0.05, 0) is 51.3 Å². The number of carbonyl (C=O) groups is 3. The van der Waals surface area contributed by atoms with Gasteiger partial charge in [0, 0.05) is 25.3 Å². The number of hydrogen-bond acceptors (Lipinski definition) is 5. The van der Waals surface area contributed by atoms with Crippen LogP contribution in [0.2, 0.25) is 0 Å². The highest BCUT2D eigenvalue weighted by Gasteiger charge is 2.47. The summed E-state index contributed by atoms with van der Waals surface area (Å²) in [5, 5.41) is 3.42. The van der Waals surface area contributed by atoms with E-state index in [-0.39, 0.29) is 6.54 Å². The van der Waals surface area contributed by atoms with Crippen LogP contribution in [0.3, 0.4) is 0 Å². The highest BCUT2D eigenvalue weighted by molar-refractivity contribution is 6.07. The first-order valence-electron chi connectivity index (χ1n) is 10.3. The number of benzene rings is 1. The Morgan fingerprint density at radius 3 is 2.55 bits per heavy atom. The third-order valence-corrected chi connectivity index (χ3v) is 5.75. The van der Waals surface area contributed by atoms with Gasteiger partial charge in [-0.15, -0.1) is 0 Å². The number of nitrogens with zero attached hydrogens (tertiary/aromatic N) is 3. The predicted octanol–water partition coefficient (Wildman–Crippen LogP) is 1.86. The summed E-state index contributed by atoms with van der Waals surface area (Å²) in [4.78, 5) is 41.2. The summed E-state index contributed by atoms with van der Waals surface area (Å²) >= 11 is 0. The maximum absolute atomic E-state index is 12.4. The van der Waals surface area contributed by atoms with Crippen molar-refractivity contribution in [3.8, 4) is 0 Å². The van der Waals surface area contributed by atoms with Crippen LogP contribution in [0.25, 0.3) is 0 Å². The zero-order chi connectivity index (χ0) is 21.0. The molecule has 1 aromatic carbocycles. The van der Waals surface area contributed by atoms with Crippen molar-refractivity contribution in [2.24, 2.45) is 0 Å². The summed E-state index contributed by atoms with van der Waals surface area (Å²) < 4.78 is 0. The van der Waals surface area contributed by atoms with Gasteiger partial charge in [0.05, 0.1) is 6.54 Å². The number of piperidine rings is 1. The topological polar surface area (TPSA) is 85.0 Å². The molecule has 29 heavy (non-hydrogen) atoms. The minimum atomic E-state index is -0.969. The maximum atomic E-state index is 12.4. The zero-order valence-electron chi connectivity index (χ0n) is 17.5. The van der Waals surface area contributed by atoms with Crippen LogP contribution < -0.4 is 15.6 Å². The van der Waals surface area contributed by atoms with Crippen molar-refractivity contribution in [2.45, 2.75) is 51.6 Å². The Morgan fingerprint density at radius 2 is 1.90 bits per heavy atom. The normalized spacial score (nSPS) is 22.2. The Kier molecular flexibility index (Phi) is 6.42. The first-order valence-corrected chi connectivity index (χ1v) is 10.3. The third kappa shape index (κ3) is 4.70. The highest BCUT2D eigenvalue weighted by atomic mass is 16.2. The Balaban J connectivity index is 1.59. The van der Waals surface area contributed by atoms with E-state index in [0.29, 0.717) is 13.0 Å². The standard InChI is InChI=1S/C21H31N5O3/c1-4-21(2)19(28)26(20(29)22-21)23-18(27)15-24(3)14-16-10-6-7-11-17(16)25-12-8-5-9-13-25/h6-7,10-11H,4-5,8-9,12-15H2,1-3H3,(H,22,29)(H,23,27). The predicted molar refractivity (Wildman–Crippen MR) is 111 cm³/mol. The number of imide groups is 1. The quantitative estimate of drug-likeness (QED) is 0.682. The van der Waals surface area contributed by atoms with E-state index in [9.17, 15) is 14.4 Å². The fraction of sp³-hybridized carbons (Fsp3) is 0.571. The van der Waals surface area contributed by atoms with Gasteiger partial charge in [-0.1, -0.05) is 25.1 Å². The molecule has 0 aliphatic carbocycles. The van der Waals surface area contributed by atoms with Crippen molar-refractivity contribution >= 4 is 23.5 Å². The molecule has 3 rings (SSSR count). The largest absolute Gasteiger partial charge is 0.371 e. The van der Waals surface area contributed by atoms with Crippen LogP contribution in [0.4, 0.5) is 10.5 Å². The molecule has 0 bridgehead atoms. The molecule has 0 spiro atoms. The van der Waals surface area contributed by atoms with Crippen molar-refractivity contribution < 1.29 is 14.4 Å². The third-order valence-electron chi connectivity index (χ3n) is 5.75. The van der Waals surface area contributed by atoms with E-state index in [1.54, 1.807) is 6.92 Å². The Bertz CT molecular complexity index is 777. The van der Waals surface area contributed by atoms with Crippen molar-refractivity contribution in [3.05, 3.63) is 29.8 Å². The first kappa shape index (κ1) is 21.1. The molecule has 2 N–H and O–H groups in total. The van der Waals surface area contributed by atoms with E-state index in [4.69, 9.17) is 0 Å². The highest BCUT2D eigenvalue weighted by Crippen LogP contribution is 2.25. The van der Waals surface area contributed by atoms with Crippen LogP contribution >= 0.6 is 0 Å². The summed E-state index contributed by atoms with van der Waals surface area (Å²) in [6, 6.07) is 7.68. The first-order chi connectivity index (χ1) is 13.8. The van der Waals surface area contributed by atoms with Crippen LogP contribution in [0, 0.1) is 0 Å². The summed E-state index contributed by atoms with van der Waals surface area (Å²) in [5.74, 6) is -0.830. The molecule has 2 heterocycles. The van der Waals surface area contributed by atoms with Gasteiger partial charge in [-0.3, -0.25) is 19.9 Å². The SMILES string of the molecule is CCC1(C)NC(=O)N(NC(=O)CN(C)Cc2ccccc2N2CCCCC2)C1=O. The molecule has 0 radical (unpaired) electrons. The molecule has 2 aliphatic heterocycles. The summed E-state index contributed by atoms with van der Waals surface area (Å²) in [5.41, 5.74) is 3.85. The van der Waals surface area contributed by atoms with Gasteiger partial charge in [-0.25, -0.2) is 4.79 Å². The molecule has 0 aromatic heterocycles. The van der Waals surface area contributed by atoms with E-state index in [1.165, 1.54) is 30.5 Å². The Morgan fingerprint density at radius 1 is 1.21 bits per heavy atom. The fourth-order valence-corrected chi connectivity index (χ4v) is 3.87. The smallest absolute Gasteiger partial charge is 0.344 e. The molecular weight excluding hydrogens is 370 g/mol. The number of anilines is 1. The number of carbonyl (C=O) groups excluding carboxylic acids is 3. The molecule has 1 unspecified atom stereocenters. The van der Waals surface area contributed by atoms with Crippen LogP contribution in [-0.2, 0) is 16.1 Å². The molecule has 0 saturated carbocycles. The fourth-order valence-electron chi connectivity index (χ4n) is 3.87. The molecule has 158 valence electrons. The van der Waals surface area contributed by atoms with Gasteiger partial charge < -0.3 is 10.2 Å². The molecule has 8 heteroatoms. The van der Waals surface area contributed by atoms with Gasteiger partial charge in [-0.2, -0.15) is 5.01 Å². The second kappa shape index (κ2) is 8.82. The number of nitrogens with one attached hydrogen (secondary N) is 2. The second-order valence-electron chi connectivity index (χ2n) is 8.14. The summed E-state index contributed by atoms with van der Waals surface area (Å²) in [6.45, 7) is 6.27. The Labute approximate surface area is 172 Å². The lowest BCUT2D eigenvalue weighted by molar-refractivity contribution is -0.139. The lowest BCUT2D eigenvalue weighted by atomic mass is 10.00. The van der Waals surface area contributed by atoms with Crippen molar-refractivity contribution in [1.29, 1.82) is 0 Å². The van der Waals surface area contributed by atoms with Crippen LogP contribution in [0.1, 0.15) is 45.1 Å². The summed E-state index contributed by atoms with van der Waals surface area (Å²) in [6.07, 6.45) is 4.14. The Hall–Kier alpha value is -2.61. The number of para-hydroxylation sites is 1. The number of likely N-dealkylation sites (N-methyl/N-ethyl adjacent to an activating group) is 1. The van der Waals surface area contributed by atoms with Gasteiger partial charge in [0.1, 0.15) is 5.54 Å². The molecule has 2 saturated heterocycles. The number of hydrogen-bond donors (Lipinski definition) is 2. The monoisotopic (exact) mass is 401 g/mol. The molecule has 2 aliphatic rings. The average molecular weight is 402 g/mol.